The fraction of sp³-hybridized carbons (Fsp3) is 0.467. The fourth-order valence-corrected chi connectivity index (χ4v) is 4.18. The molecule has 1 amide bonds. The van der Waals surface area contributed by atoms with E-state index in [-0.39, 0.29) is 11.9 Å². The number of amides is 1. The monoisotopic (exact) mass is 323 g/mol. The third-order valence-electron chi connectivity index (χ3n) is 3.82. The number of hydrogen-bond donors (Lipinski definition) is 1. The Morgan fingerprint density at radius 3 is 3.24 bits per heavy atom. The summed E-state index contributed by atoms with van der Waals surface area (Å²) in [5, 5.41) is 7.26. The third-order valence-corrected chi connectivity index (χ3v) is 5.16. The molecular formula is C15H18ClN3OS. The molecule has 1 aliphatic carbocycles. The van der Waals surface area contributed by atoms with E-state index in [4.69, 9.17) is 11.6 Å². The van der Waals surface area contributed by atoms with Crippen molar-refractivity contribution in [3.63, 3.8) is 0 Å². The first-order valence-electron chi connectivity index (χ1n) is 7.17. The van der Waals surface area contributed by atoms with Gasteiger partial charge in [-0.05, 0) is 42.9 Å². The van der Waals surface area contributed by atoms with Gasteiger partial charge in [-0.25, -0.2) is 0 Å². The number of thiophene rings is 1. The van der Waals surface area contributed by atoms with E-state index in [1.54, 1.807) is 16.0 Å². The van der Waals surface area contributed by atoms with Crippen molar-refractivity contribution in [3.8, 4) is 0 Å². The van der Waals surface area contributed by atoms with Crippen LogP contribution in [0.2, 0.25) is 4.34 Å². The first-order chi connectivity index (χ1) is 10.1. The zero-order chi connectivity index (χ0) is 14.8. The van der Waals surface area contributed by atoms with E-state index in [9.17, 15) is 4.79 Å². The summed E-state index contributed by atoms with van der Waals surface area (Å²) >= 11 is 7.73. The van der Waals surface area contributed by atoms with Crippen molar-refractivity contribution in [2.45, 2.75) is 38.1 Å². The third kappa shape index (κ3) is 3.47. The SMILES string of the molecule is Cn1cc(CCC(=O)NC2CCCc3sc(Cl)cc32)cn1. The molecule has 3 rings (SSSR count). The standard InChI is InChI=1S/C15H18ClN3OS/c1-19-9-10(8-17-19)5-6-15(20)18-12-3-2-4-13-11(12)7-14(16)21-13/h7-9,12H,2-6H2,1H3,(H,18,20). The fourth-order valence-electron chi connectivity index (χ4n) is 2.80. The lowest BCUT2D eigenvalue weighted by Crippen LogP contribution is -2.30. The highest BCUT2D eigenvalue weighted by molar-refractivity contribution is 7.16. The molecule has 2 aromatic rings. The minimum absolute atomic E-state index is 0.0963. The summed E-state index contributed by atoms with van der Waals surface area (Å²) < 4.78 is 2.57. The van der Waals surface area contributed by atoms with Crippen molar-refractivity contribution in [3.05, 3.63) is 38.8 Å². The zero-order valence-electron chi connectivity index (χ0n) is 11.9. The Labute approximate surface area is 133 Å². The van der Waals surface area contributed by atoms with Crippen molar-refractivity contribution >= 4 is 28.8 Å². The molecule has 1 atom stereocenters. The molecule has 0 aromatic carbocycles. The van der Waals surface area contributed by atoms with Crippen LogP contribution in [-0.4, -0.2) is 15.7 Å². The first kappa shape index (κ1) is 14.6. The van der Waals surface area contributed by atoms with E-state index in [0.717, 1.165) is 35.6 Å². The Hall–Kier alpha value is -1.33. The molecule has 0 aliphatic heterocycles. The number of nitrogens with one attached hydrogen (secondary N) is 1. The Morgan fingerprint density at radius 1 is 1.62 bits per heavy atom. The molecule has 1 unspecified atom stereocenters. The molecule has 1 aliphatic rings. The lowest BCUT2D eigenvalue weighted by molar-refractivity contribution is -0.121. The van der Waals surface area contributed by atoms with Gasteiger partial charge in [-0.1, -0.05) is 11.6 Å². The lowest BCUT2D eigenvalue weighted by Gasteiger charge is -2.23. The molecule has 2 aromatic heterocycles. The van der Waals surface area contributed by atoms with Gasteiger partial charge in [0.1, 0.15) is 0 Å². The second-order valence-corrected chi connectivity index (χ2v) is 7.23. The maximum absolute atomic E-state index is 12.1. The second-order valence-electron chi connectivity index (χ2n) is 5.46. The number of hydrogen-bond acceptors (Lipinski definition) is 3. The van der Waals surface area contributed by atoms with Gasteiger partial charge in [0.25, 0.3) is 0 Å². The van der Waals surface area contributed by atoms with Crippen LogP contribution in [0.15, 0.2) is 18.5 Å². The normalized spacial score (nSPS) is 17.5. The van der Waals surface area contributed by atoms with Crippen LogP contribution in [0.5, 0.6) is 0 Å². The van der Waals surface area contributed by atoms with Crippen molar-refractivity contribution in [1.29, 1.82) is 0 Å². The average Bonchev–Trinajstić information content (AvgIpc) is 3.02. The molecule has 21 heavy (non-hydrogen) atoms. The predicted molar refractivity (Wildman–Crippen MR) is 84.7 cm³/mol. The molecule has 0 saturated heterocycles. The van der Waals surface area contributed by atoms with Gasteiger partial charge >= 0.3 is 0 Å². The highest BCUT2D eigenvalue weighted by Crippen LogP contribution is 2.37. The number of nitrogens with zero attached hydrogens (tertiary/aromatic N) is 2. The van der Waals surface area contributed by atoms with E-state index in [1.807, 2.05) is 25.5 Å². The number of aryl methyl sites for hydroxylation is 3. The van der Waals surface area contributed by atoms with Crippen molar-refractivity contribution in [2.24, 2.45) is 7.05 Å². The van der Waals surface area contributed by atoms with Crippen molar-refractivity contribution in [2.75, 3.05) is 0 Å². The first-order valence-corrected chi connectivity index (χ1v) is 8.36. The quantitative estimate of drug-likeness (QED) is 0.938. The van der Waals surface area contributed by atoms with E-state index in [0.29, 0.717) is 6.42 Å². The van der Waals surface area contributed by atoms with Crippen LogP contribution >= 0.6 is 22.9 Å². The smallest absolute Gasteiger partial charge is 0.220 e. The van der Waals surface area contributed by atoms with Crippen molar-refractivity contribution in [1.82, 2.24) is 15.1 Å². The minimum Gasteiger partial charge on any atom is -0.349 e. The van der Waals surface area contributed by atoms with Gasteiger partial charge in [0.05, 0.1) is 16.6 Å². The minimum atomic E-state index is 0.0963. The van der Waals surface area contributed by atoms with Gasteiger partial charge in [0.2, 0.25) is 5.91 Å². The Kier molecular flexibility index (Phi) is 4.31. The molecule has 0 saturated carbocycles. The van der Waals surface area contributed by atoms with Crippen LogP contribution in [-0.2, 0) is 24.7 Å². The van der Waals surface area contributed by atoms with Gasteiger partial charge in [-0.3, -0.25) is 9.48 Å². The highest BCUT2D eigenvalue weighted by atomic mass is 35.5. The van der Waals surface area contributed by atoms with Crippen LogP contribution in [0.4, 0.5) is 0 Å². The maximum atomic E-state index is 12.1. The Balaban J connectivity index is 1.58. The van der Waals surface area contributed by atoms with E-state index in [2.05, 4.69) is 10.4 Å². The Morgan fingerprint density at radius 2 is 2.48 bits per heavy atom. The molecule has 0 bridgehead atoms. The van der Waals surface area contributed by atoms with Gasteiger partial charge in [0, 0.05) is 24.5 Å². The number of halogens is 1. The maximum Gasteiger partial charge on any atom is 0.220 e. The van der Waals surface area contributed by atoms with E-state index >= 15 is 0 Å². The lowest BCUT2D eigenvalue weighted by atomic mass is 9.94. The molecule has 4 nitrogen and oxygen atoms in total. The van der Waals surface area contributed by atoms with E-state index < -0.39 is 0 Å². The number of carbonyl (C=O) groups excluding carboxylic acids is 1. The van der Waals surface area contributed by atoms with Gasteiger partial charge in [0.15, 0.2) is 0 Å². The molecule has 0 spiro atoms. The number of rotatable bonds is 4. The molecule has 1 N–H and O–H groups in total. The molecule has 6 heteroatoms. The number of fused-ring (bicyclic) bond motifs is 1. The average molecular weight is 324 g/mol. The van der Waals surface area contributed by atoms with Crippen LogP contribution in [0.1, 0.15) is 41.3 Å². The summed E-state index contributed by atoms with van der Waals surface area (Å²) in [5.74, 6) is 0.0963. The summed E-state index contributed by atoms with van der Waals surface area (Å²) in [5.41, 5.74) is 2.31. The summed E-state index contributed by atoms with van der Waals surface area (Å²) in [4.78, 5) is 13.5. The summed E-state index contributed by atoms with van der Waals surface area (Å²) in [6, 6.07) is 2.13. The topological polar surface area (TPSA) is 46.9 Å². The highest BCUT2D eigenvalue weighted by Gasteiger charge is 2.24. The van der Waals surface area contributed by atoms with Gasteiger partial charge in [-0.15, -0.1) is 11.3 Å². The molecular weight excluding hydrogens is 306 g/mol. The van der Waals surface area contributed by atoms with Crippen molar-refractivity contribution < 1.29 is 4.79 Å². The van der Waals surface area contributed by atoms with Crippen LogP contribution in [0.3, 0.4) is 0 Å². The summed E-state index contributed by atoms with van der Waals surface area (Å²) in [7, 11) is 1.88. The zero-order valence-corrected chi connectivity index (χ0v) is 13.5. The predicted octanol–water partition coefficient (Wildman–Crippen LogP) is 3.26. The number of carbonyl (C=O) groups is 1. The molecule has 0 fully saturated rings. The molecule has 0 radical (unpaired) electrons. The summed E-state index contributed by atoms with van der Waals surface area (Å²) in [6.07, 6.45) is 8.17. The van der Waals surface area contributed by atoms with Crippen LogP contribution < -0.4 is 5.32 Å². The molecule has 2 heterocycles. The van der Waals surface area contributed by atoms with Crippen LogP contribution in [0, 0.1) is 0 Å². The van der Waals surface area contributed by atoms with Gasteiger partial charge < -0.3 is 5.32 Å². The van der Waals surface area contributed by atoms with E-state index in [1.165, 1.54) is 10.4 Å². The number of aromatic nitrogens is 2. The summed E-state index contributed by atoms with van der Waals surface area (Å²) in [6.45, 7) is 0. The molecule has 112 valence electrons. The van der Waals surface area contributed by atoms with Crippen LogP contribution in [0.25, 0.3) is 0 Å². The van der Waals surface area contributed by atoms with Gasteiger partial charge in [-0.2, -0.15) is 5.10 Å². The second kappa shape index (κ2) is 6.20. The largest absolute Gasteiger partial charge is 0.349 e. The Bertz CT molecular complexity index is 649.